The van der Waals surface area contributed by atoms with Crippen molar-refractivity contribution in [2.75, 3.05) is 46.8 Å². The summed E-state index contributed by atoms with van der Waals surface area (Å²) in [6.07, 6.45) is 1.68. The van der Waals surface area contributed by atoms with E-state index in [1.165, 1.54) is 7.11 Å². The van der Waals surface area contributed by atoms with Crippen LogP contribution in [-0.4, -0.2) is 80.0 Å². The maximum atomic E-state index is 13.3. The van der Waals surface area contributed by atoms with Gasteiger partial charge in [-0.25, -0.2) is 9.78 Å². The van der Waals surface area contributed by atoms with E-state index in [9.17, 15) is 9.59 Å². The molecule has 0 fully saturated rings. The first-order valence-corrected chi connectivity index (χ1v) is 13.7. The van der Waals surface area contributed by atoms with E-state index in [1.807, 2.05) is 43.3 Å². The molecule has 0 unspecified atom stereocenters. The topological polar surface area (TPSA) is 141 Å². The number of carbonyl (C=O) groups is 2. The van der Waals surface area contributed by atoms with Crippen molar-refractivity contribution in [3.05, 3.63) is 77.3 Å². The van der Waals surface area contributed by atoms with Gasteiger partial charge in [-0.1, -0.05) is 24.3 Å². The van der Waals surface area contributed by atoms with Gasteiger partial charge in [0.15, 0.2) is 5.76 Å². The molecule has 41 heavy (non-hydrogen) atoms. The number of allylic oxidation sites excluding steroid dienone is 1. The van der Waals surface area contributed by atoms with Crippen molar-refractivity contribution in [3.8, 4) is 0 Å². The standard InChI is InChI=1S/C30H37N3O8/c1-3-40-30-22(12-14-38-16-17-39-15-13-34)23(20-8-10-21(11-9-20)29(36)37-2)18-26(41-30)28(35)31-19-27-32-24-6-4-5-7-25(24)33-27/h4-11,18,22-23,30,34H,3,12-17,19H2,1-2H3,(H,31,35)(H,32,33)/t22-,23+,30+/m0/s1. The van der Waals surface area contributed by atoms with Crippen molar-refractivity contribution in [1.29, 1.82) is 0 Å². The van der Waals surface area contributed by atoms with E-state index in [-0.39, 0.29) is 43.3 Å². The molecule has 11 nitrogen and oxygen atoms in total. The number of amides is 1. The molecular weight excluding hydrogens is 530 g/mol. The van der Waals surface area contributed by atoms with Crippen molar-refractivity contribution in [1.82, 2.24) is 15.3 Å². The molecule has 3 aromatic rings. The van der Waals surface area contributed by atoms with Gasteiger partial charge in [0, 0.05) is 25.0 Å². The molecular formula is C30H37N3O8. The second kappa shape index (κ2) is 15.3. The smallest absolute Gasteiger partial charge is 0.337 e. The van der Waals surface area contributed by atoms with Crippen LogP contribution in [0.25, 0.3) is 11.0 Å². The number of nitrogens with zero attached hydrogens (tertiary/aromatic N) is 1. The second-order valence-corrected chi connectivity index (χ2v) is 9.40. The summed E-state index contributed by atoms with van der Waals surface area (Å²) in [5.41, 5.74) is 3.04. The maximum Gasteiger partial charge on any atom is 0.337 e. The lowest BCUT2D eigenvalue weighted by atomic mass is 9.81. The fourth-order valence-corrected chi connectivity index (χ4v) is 4.72. The van der Waals surface area contributed by atoms with E-state index in [0.717, 1.165) is 16.6 Å². The molecule has 3 atom stereocenters. The number of esters is 1. The molecule has 0 saturated carbocycles. The van der Waals surface area contributed by atoms with Gasteiger partial charge in [0.25, 0.3) is 5.91 Å². The molecule has 0 spiro atoms. The van der Waals surface area contributed by atoms with Gasteiger partial charge in [0.1, 0.15) is 5.82 Å². The zero-order valence-corrected chi connectivity index (χ0v) is 23.3. The van der Waals surface area contributed by atoms with E-state index in [2.05, 4.69) is 15.3 Å². The molecule has 4 rings (SSSR count). The van der Waals surface area contributed by atoms with Gasteiger partial charge in [-0.05, 0) is 49.2 Å². The number of hydrogen-bond acceptors (Lipinski definition) is 9. The van der Waals surface area contributed by atoms with Gasteiger partial charge in [0.2, 0.25) is 6.29 Å². The van der Waals surface area contributed by atoms with Gasteiger partial charge in [-0.3, -0.25) is 4.79 Å². The molecule has 1 amide bonds. The fraction of sp³-hybridized carbons (Fsp3) is 0.433. The van der Waals surface area contributed by atoms with Crippen molar-refractivity contribution in [2.24, 2.45) is 5.92 Å². The molecule has 1 aliphatic heterocycles. The Hall–Kier alpha value is -3.77. The first kappa shape index (κ1) is 30.2. The summed E-state index contributed by atoms with van der Waals surface area (Å²) in [6, 6.07) is 14.8. The van der Waals surface area contributed by atoms with Crippen molar-refractivity contribution in [2.45, 2.75) is 32.1 Å². The van der Waals surface area contributed by atoms with Crippen LogP contribution in [0.15, 0.2) is 60.4 Å². The van der Waals surface area contributed by atoms with Crippen LogP contribution >= 0.6 is 0 Å². The van der Waals surface area contributed by atoms with Gasteiger partial charge in [-0.2, -0.15) is 0 Å². The number of aliphatic hydroxyl groups excluding tert-OH is 1. The highest BCUT2D eigenvalue weighted by Gasteiger charge is 2.38. The van der Waals surface area contributed by atoms with E-state index in [0.29, 0.717) is 44.2 Å². The number of hydrogen-bond donors (Lipinski definition) is 3. The van der Waals surface area contributed by atoms with Crippen LogP contribution in [-0.2, 0) is 35.0 Å². The summed E-state index contributed by atoms with van der Waals surface area (Å²) in [4.78, 5) is 33.0. The summed E-state index contributed by atoms with van der Waals surface area (Å²) < 4.78 is 27.9. The number of rotatable bonds is 15. The first-order chi connectivity index (χ1) is 20.0. The third kappa shape index (κ3) is 8.14. The lowest BCUT2D eigenvalue weighted by Gasteiger charge is -2.37. The van der Waals surface area contributed by atoms with Crippen molar-refractivity contribution < 1.29 is 38.4 Å². The van der Waals surface area contributed by atoms with Crippen LogP contribution in [0.3, 0.4) is 0 Å². The monoisotopic (exact) mass is 567 g/mol. The Morgan fingerprint density at radius 3 is 2.51 bits per heavy atom. The normalized spacial score (nSPS) is 18.5. The summed E-state index contributed by atoms with van der Waals surface area (Å²) in [6.45, 7) is 3.86. The number of para-hydroxylation sites is 2. The lowest BCUT2D eigenvalue weighted by molar-refractivity contribution is -0.168. The minimum atomic E-state index is -0.698. The van der Waals surface area contributed by atoms with Crippen LogP contribution in [0.4, 0.5) is 0 Å². The third-order valence-corrected chi connectivity index (χ3v) is 6.71. The van der Waals surface area contributed by atoms with E-state index in [1.54, 1.807) is 18.2 Å². The van der Waals surface area contributed by atoms with Gasteiger partial charge in [0.05, 0.1) is 56.7 Å². The minimum Gasteiger partial charge on any atom is -0.465 e. The Bertz CT molecular complexity index is 1270. The predicted molar refractivity (Wildman–Crippen MR) is 150 cm³/mol. The number of carbonyl (C=O) groups excluding carboxylic acids is 2. The molecule has 2 heterocycles. The Morgan fingerprint density at radius 2 is 1.80 bits per heavy atom. The molecule has 11 heteroatoms. The van der Waals surface area contributed by atoms with Crippen LogP contribution in [0.5, 0.6) is 0 Å². The van der Waals surface area contributed by atoms with E-state index < -0.39 is 12.3 Å². The third-order valence-electron chi connectivity index (χ3n) is 6.71. The number of aromatic amines is 1. The number of H-pyrrole nitrogens is 1. The fourth-order valence-electron chi connectivity index (χ4n) is 4.72. The highest BCUT2D eigenvalue weighted by Crippen LogP contribution is 2.39. The maximum absolute atomic E-state index is 13.3. The van der Waals surface area contributed by atoms with Crippen LogP contribution in [0.2, 0.25) is 0 Å². The molecule has 0 radical (unpaired) electrons. The average molecular weight is 568 g/mol. The minimum absolute atomic E-state index is 0.0353. The van der Waals surface area contributed by atoms with Crippen molar-refractivity contribution in [3.63, 3.8) is 0 Å². The molecule has 0 bridgehead atoms. The highest BCUT2D eigenvalue weighted by atomic mass is 16.7. The summed E-state index contributed by atoms with van der Waals surface area (Å²) in [5, 5.41) is 11.7. The molecule has 2 aromatic carbocycles. The van der Waals surface area contributed by atoms with E-state index in [4.69, 9.17) is 28.8 Å². The number of imidazole rings is 1. The van der Waals surface area contributed by atoms with Gasteiger partial charge >= 0.3 is 5.97 Å². The van der Waals surface area contributed by atoms with Crippen LogP contribution in [0.1, 0.15) is 41.0 Å². The number of nitrogens with one attached hydrogen (secondary N) is 2. The quantitative estimate of drug-likeness (QED) is 0.187. The molecule has 1 aliphatic rings. The summed E-state index contributed by atoms with van der Waals surface area (Å²) in [5.74, 6) is -0.466. The number of ether oxygens (including phenoxy) is 5. The zero-order valence-electron chi connectivity index (χ0n) is 23.3. The molecule has 0 aliphatic carbocycles. The zero-order chi connectivity index (χ0) is 29.0. The predicted octanol–water partition coefficient (Wildman–Crippen LogP) is 3.06. The second-order valence-electron chi connectivity index (χ2n) is 9.40. The first-order valence-electron chi connectivity index (χ1n) is 13.7. The van der Waals surface area contributed by atoms with Crippen molar-refractivity contribution >= 4 is 22.9 Å². The number of aliphatic hydroxyl groups is 1. The molecule has 1 aromatic heterocycles. The number of methoxy groups -OCH3 is 1. The van der Waals surface area contributed by atoms with E-state index >= 15 is 0 Å². The number of aromatic nitrogens is 2. The number of fused-ring (bicyclic) bond motifs is 1. The average Bonchev–Trinajstić information content (AvgIpc) is 3.42. The Labute approximate surface area is 238 Å². The van der Waals surface area contributed by atoms with Crippen LogP contribution in [0, 0.1) is 5.92 Å². The van der Waals surface area contributed by atoms with Gasteiger partial charge in [-0.15, -0.1) is 0 Å². The highest BCUT2D eigenvalue weighted by molar-refractivity contribution is 5.92. The molecule has 220 valence electrons. The summed E-state index contributed by atoms with van der Waals surface area (Å²) in [7, 11) is 1.34. The van der Waals surface area contributed by atoms with Gasteiger partial charge < -0.3 is 39.1 Å². The summed E-state index contributed by atoms with van der Waals surface area (Å²) >= 11 is 0. The Kier molecular flexibility index (Phi) is 11.3. The largest absolute Gasteiger partial charge is 0.465 e. The SMILES string of the molecule is CCO[C@@H]1OC(C(=O)NCc2nc3ccccc3[nH]2)=C[C@H](c2ccc(C(=O)OC)cc2)[C@@H]1CCOCCOCCO. The Morgan fingerprint density at radius 1 is 1.05 bits per heavy atom. The lowest BCUT2D eigenvalue weighted by Crippen LogP contribution is -2.39. The Balaban J connectivity index is 1.52. The van der Waals surface area contributed by atoms with Crippen LogP contribution < -0.4 is 5.32 Å². The molecule has 0 saturated heterocycles. The number of benzene rings is 2. The molecule has 3 N–H and O–H groups in total.